The number of likely N-dealkylation sites (tertiary alicyclic amines) is 1. The number of hydrogen-bond donors (Lipinski definition) is 0. The Kier molecular flexibility index (Phi) is 5.40. The molecule has 0 bridgehead atoms. The fourth-order valence-electron chi connectivity index (χ4n) is 3.69. The highest BCUT2D eigenvalue weighted by Crippen LogP contribution is 2.25. The summed E-state index contributed by atoms with van der Waals surface area (Å²) in [6.07, 6.45) is 3.35. The van der Waals surface area contributed by atoms with Crippen LogP contribution in [0.3, 0.4) is 0 Å². The van der Waals surface area contributed by atoms with E-state index < -0.39 is 10.0 Å². The molecule has 1 aromatic carbocycles. The van der Waals surface area contributed by atoms with Crippen LogP contribution in [0.15, 0.2) is 23.1 Å². The number of rotatable bonds is 4. The topological polar surface area (TPSA) is 86.7 Å². The van der Waals surface area contributed by atoms with Crippen LogP contribution in [0.25, 0.3) is 11.0 Å². The van der Waals surface area contributed by atoms with Crippen molar-refractivity contribution in [3.8, 4) is 0 Å². The Labute approximate surface area is 163 Å². The van der Waals surface area contributed by atoms with Gasteiger partial charge in [-0.2, -0.15) is 13.1 Å². The van der Waals surface area contributed by atoms with Crippen LogP contribution in [0.4, 0.5) is 0 Å². The second-order valence-corrected chi connectivity index (χ2v) is 9.44. The van der Waals surface area contributed by atoms with Gasteiger partial charge in [-0.3, -0.25) is 9.69 Å². The van der Waals surface area contributed by atoms with E-state index in [1.165, 1.54) is 10.7 Å². The summed E-state index contributed by atoms with van der Waals surface area (Å²) in [5, 5.41) is 0. The SMILES string of the molecule is O=C(CN1CCN(S(=O)(=O)c2cccc3nsnc23)CC1)N1CCCCC1. The molecular weight excluding hydrogens is 386 g/mol. The molecule has 0 saturated carbocycles. The van der Waals surface area contributed by atoms with E-state index in [-0.39, 0.29) is 10.8 Å². The number of fused-ring (bicyclic) bond motifs is 1. The van der Waals surface area contributed by atoms with Crippen molar-refractivity contribution in [1.29, 1.82) is 0 Å². The van der Waals surface area contributed by atoms with E-state index in [2.05, 4.69) is 8.75 Å². The number of hydrogen-bond acceptors (Lipinski definition) is 7. The van der Waals surface area contributed by atoms with Gasteiger partial charge in [0.05, 0.1) is 18.3 Å². The molecule has 27 heavy (non-hydrogen) atoms. The van der Waals surface area contributed by atoms with E-state index in [1.807, 2.05) is 9.80 Å². The van der Waals surface area contributed by atoms with E-state index >= 15 is 0 Å². The number of nitrogens with zero attached hydrogens (tertiary/aromatic N) is 5. The number of benzene rings is 1. The van der Waals surface area contributed by atoms with Crippen LogP contribution in [0.2, 0.25) is 0 Å². The molecule has 2 aromatic rings. The van der Waals surface area contributed by atoms with Crippen LogP contribution < -0.4 is 0 Å². The lowest BCUT2D eigenvalue weighted by Crippen LogP contribution is -2.51. The predicted molar refractivity (Wildman–Crippen MR) is 103 cm³/mol. The van der Waals surface area contributed by atoms with Crippen LogP contribution in [-0.4, -0.2) is 83.0 Å². The molecular formula is C17H23N5O3S2. The largest absolute Gasteiger partial charge is 0.342 e. The van der Waals surface area contributed by atoms with Gasteiger partial charge in [-0.05, 0) is 31.4 Å². The highest BCUT2D eigenvalue weighted by molar-refractivity contribution is 7.89. The maximum absolute atomic E-state index is 13.0. The molecule has 0 radical (unpaired) electrons. The standard InChI is InChI=1S/C17H23N5O3S2/c23-16(21-7-2-1-3-8-21)13-20-9-11-22(12-10-20)27(24,25)15-6-4-5-14-17(15)19-26-18-14/h4-6H,1-3,7-13H2. The molecule has 146 valence electrons. The van der Waals surface area contributed by atoms with Gasteiger partial charge in [0, 0.05) is 39.3 Å². The Hall–Kier alpha value is -1.62. The zero-order valence-corrected chi connectivity index (χ0v) is 16.7. The van der Waals surface area contributed by atoms with Gasteiger partial charge in [0.1, 0.15) is 15.9 Å². The second-order valence-electron chi connectivity index (χ2n) is 7.01. The number of piperazine rings is 1. The predicted octanol–water partition coefficient (Wildman–Crippen LogP) is 1.01. The van der Waals surface area contributed by atoms with Gasteiger partial charge in [0.15, 0.2) is 0 Å². The van der Waals surface area contributed by atoms with Crippen molar-refractivity contribution in [2.75, 3.05) is 45.8 Å². The molecule has 2 fully saturated rings. The summed E-state index contributed by atoms with van der Waals surface area (Å²) in [5.41, 5.74) is 1.04. The lowest BCUT2D eigenvalue weighted by molar-refractivity contribution is -0.133. The zero-order chi connectivity index (χ0) is 18.9. The van der Waals surface area contributed by atoms with E-state index in [4.69, 9.17) is 0 Å². The van der Waals surface area contributed by atoms with E-state index in [0.29, 0.717) is 43.8 Å². The molecule has 4 rings (SSSR count). The Morgan fingerprint density at radius 1 is 1.00 bits per heavy atom. The Morgan fingerprint density at radius 3 is 2.48 bits per heavy atom. The van der Waals surface area contributed by atoms with Crippen LogP contribution >= 0.6 is 11.7 Å². The lowest BCUT2D eigenvalue weighted by atomic mass is 10.1. The number of carbonyl (C=O) groups is 1. The minimum Gasteiger partial charge on any atom is -0.342 e. The molecule has 1 aromatic heterocycles. The summed E-state index contributed by atoms with van der Waals surface area (Å²) < 4.78 is 35.9. The lowest BCUT2D eigenvalue weighted by Gasteiger charge is -2.35. The van der Waals surface area contributed by atoms with Gasteiger partial charge in [-0.15, -0.1) is 0 Å². The average molecular weight is 410 g/mol. The molecule has 0 unspecified atom stereocenters. The number of carbonyl (C=O) groups excluding carboxylic acids is 1. The van der Waals surface area contributed by atoms with Crippen LogP contribution in [0.5, 0.6) is 0 Å². The van der Waals surface area contributed by atoms with Gasteiger partial charge in [0.25, 0.3) is 0 Å². The van der Waals surface area contributed by atoms with Crippen molar-refractivity contribution in [1.82, 2.24) is 22.9 Å². The minimum absolute atomic E-state index is 0.157. The Bertz CT molecular complexity index is 916. The molecule has 2 aliphatic rings. The fourth-order valence-corrected chi connectivity index (χ4v) is 5.87. The summed E-state index contributed by atoms with van der Waals surface area (Å²) in [4.78, 5) is 16.6. The first kappa shape index (κ1) is 18.7. The summed E-state index contributed by atoms with van der Waals surface area (Å²) in [7, 11) is -3.62. The first-order valence-corrected chi connectivity index (χ1v) is 11.4. The molecule has 3 heterocycles. The summed E-state index contributed by atoms with van der Waals surface area (Å²) in [5.74, 6) is 0.157. The number of aromatic nitrogens is 2. The molecule has 0 aliphatic carbocycles. The van der Waals surface area contributed by atoms with Gasteiger partial charge < -0.3 is 4.90 Å². The summed E-state index contributed by atoms with van der Waals surface area (Å²) in [6, 6.07) is 5.05. The first-order chi connectivity index (χ1) is 13.1. The Morgan fingerprint density at radius 2 is 1.74 bits per heavy atom. The third kappa shape index (κ3) is 3.84. The normalized spacial score (nSPS) is 20.2. The first-order valence-electron chi connectivity index (χ1n) is 9.27. The monoisotopic (exact) mass is 409 g/mol. The van der Waals surface area contributed by atoms with Crippen molar-refractivity contribution < 1.29 is 13.2 Å². The Balaban J connectivity index is 1.40. The van der Waals surface area contributed by atoms with Crippen LogP contribution in [0.1, 0.15) is 19.3 Å². The highest BCUT2D eigenvalue weighted by atomic mass is 32.2. The maximum Gasteiger partial charge on any atom is 0.245 e. The second kappa shape index (κ2) is 7.78. The fraction of sp³-hybridized carbons (Fsp3) is 0.588. The molecule has 2 aliphatic heterocycles. The summed E-state index contributed by atoms with van der Waals surface area (Å²) >= 11 is 1.02. The summed E-state index contributed by atoms with van der Waals surface area (Å²) in [6.45, 7) is 3.94. The number of piperidine rings is 1. The number of sulfonamides is 1. The quantitative estimate of drug-likeness (QED) is 0.749. The molecule has 10 heteroatoms. The number of amides is 1. The molecule has 0 N–H and O–H groups in total. The molecule has 0 spiro atoms. The van der Waals surface area contributed by atoms with Crippen molar-refractivity contribution in [2.24, 2.45) is 0 Å². The minimum atomic E-state index is -3.62. The van der Waals surface area contributed by atoms with E-state index in [0.717, 1.165) is 37.7 Å². The van der Waals surface area contributed by atoms with E-state index in [9.17, 15) is 13.2 Å². The highest BCUT2D eigenvalue weighted by Gasteiger charge is 2.31. The van der Waals surface area contributed by atoms with Crippen molar-refractivity contribution >= 4 is 38.7 Å². The third-order valence-corrected chi connectivity index (χ3v) is 7.74. The van der Waals surface area contributed by atoms with Gasteiger partial charge in [0.2, 0.25) is 15.9 Å². The van der Waals surface area contributed by atoms with Crippen LogP contribution in [0, 0.1) is 0 Å². The zero-order valence-electron chi connectivity index (χ0n) is 15.1. The van der Waals surface area contributed by atoms with E-state index in [1.54, 1.807) is 18.2 Å². The molecule has 2 saturated heterocycles. The van der Waals surface area contributed by atoms with Crippen LogP contribution in [-0.2, 0) is 14.8 Å². The molecule has 0 atom stereocenters. The third-order valence-electron chi connectivity index (χ3n) is 5.27. The smallest absolute Gasteiger partial charge is 0.245 e. The van der Waals surface area contributed by atoms with Gasteiger partial charge in [-0.1, -0.05) is 6.07 Å². The molecule has 8 nitrogen and oxygen atoms in total. The van der Waals surface area contributed by atoms with Crippen molar-refractivity contribution in [3.63, 3.8) is 0 Å². The van der Waals surface area contributed by atoms with Crippen molar-refractivity contribution in [3.05, 3.63) is 18.2 Å². The average Bonchev–Trinajstić information content (AvgIpc) is 3.18. The molecule has 1 amide bonds. The van der Waals surface area contributed by atoms with Gasteiger partial charge in [-0.25, -0.2) is 8.42 Å². The van der Waals surface area contributed by atoms with Gasteiger partial charge >= 0.3 is 0 Å². The maximum atomic E-state index is 13.0. The van der Waals surface area contributed by atoms with Crippen molar-refractivity contribution in [2.45, 2.75) is 24.2 Å².